The summed E-state index contributed by atoms with van der Waals surface area (Å²) in [5.41, 5.74) is 6.05. The number of anilines is 1. The summed E-state index contributed by atoms with van der Waals surface area (Å²) >= 11 is 2.15. The molecule has 0 aromatic heterocycles. The normalized spacial score (nSPS) is 12.4. The van der Waals surface area contributed by atoms with Crippen molar-refractivity contribution in [3.05, 3.63) is 57.2 Å². The summed E-state index contributed by atoms with van der Waals surface area (Å²) < 4.78 is 40.3. The van der Waals surface area contributed by atoms with Gasteiger partial charge in [-0.05, 0) is 52.4 Å². The van der Waals surface area contributed by atoms with Gasteiger partial charge in [0.15, 0.2) is 0 Å². The van der Waals surface area contributed by atoms with Crippen LogP contribution in [0.25, 0.3) is 0 Å². The van der Waals surface area contributed by atoms with Gasteiger partial charge in [0.05, 0.1) is 16.6 Å². The van der Waals surface area contributed by atoms with Crippen LogP contribution in [0.2, 0.25) is 0 Å². The molecule has 0 fully saturated rings. The van der Waals surface area contributed by atoms with Gasteiger partial charge >= 0.3 is 0 Å². The third kappa shape index (κ3) is 3.50. The van der Waals surface area contributed by atoms with Crippen LogP contribution in [0.5, 0.6) is 0 Å². The van der Waals surface area contributed by atoms with Crippen LogP contribution in [-0.4, -0.2) is 4.21 Å². The molecule has 0 aliphatic heterocycles. The molecule has 2 aromatic carbocycles. The molecule has 0 heterocycles. The highest BCUT2D eigenvalue weighted by atomic mass is 127. The zero-order valence-corrected chi connectivity index (χ0v) is 12.7. The van der Waals surface area contributed by atoms with Crippen molar-refractivity contribution in [3.8, 4) is 0 Å². The van der Waals surface area contributed by atoms with Crippen molar-refractivity contribution in [1.29, 1.82) is 0 Å². The highest BCUT2D eigenvalue weighted by Crippen LogP contribution is 2.22. The molecule has 0 amide bonds. The van der Waals surface area contributed by atoms with Gasteiger partial charge in [0.2, 0.25) is 0 Å². The molecule has 0 saturated carbocycles. The first-order chi connectivity index (χ1) is 8.97. The van der Waals surface area contributed by atoms with E-state index < -0.39 is 27.3 Å². The fourth-order valence-corrected chi connectivity index (χ4v) is 3.15. The van der Waals surface area contributed by atoms with Crippen LogP contribution in [0.15, 0.2) is 41.3 Å². The molecule has 100 valence electrons. The maximum absolute atomic E-state index is 13.6. The van der Waals surface area contributed by atoms with Crippen LogP contribution in [0.3, 0.4) is 0 Å². The third-order valence-corrected chi connectivity index (χ3v) is 4.62. The Morgan fingerprint density at radius 1 is 1.11 bits per heavy atom. The molecule has 2 aromatic rings. The minimum absolute atomic E-state index is 0.0231. The van der Waals surface area contributed by atoms with Gasteiger partial charge in [-0.25, -0.2) is 8.78 Å². The molecule has 0 saturated heterocycles. The number of nitrogen functional groups attached to an aromatic ring is 1. The van der Waals surface area contributed by atoms with Crippen molar-refractivity contribution in [2.24, 2.45) is 0 Å². The predicted octanol–water partition coefficient (Wildman–Crippen LogP) is 3.46. The van der Waals surface area contributed by atoms with Crippen molar-refractivity contribution >= 4 is 39.1 Å². The molecule has 0 bridgehead atoms. The van der Waals surface area contributed by atoms with Crippen LogP contribution >= 0.6 is 22.6 Å². The molecule has 2 rings (SSSR count). The Labute approximate surface area is 125 Å². The molecule has 0 spiro atoms. The van der Waals surface area contributed by atoms with Gasteiger partial charge in [0.1, 0.15) is 16.5 Å². The Hall–Kier alpha value is -1.02. The number of hydrogen-bond donors (Lipinski definition) is 1. The van der Waals surface area contributed by atoms with Gasteiger partial charge in [-0.15, -0.1) is 0 Å². The van der Waals surface area contributed by atoms with E-state index in [-0.39, 0.29) is 11.4 Å². The Bertz CT molecular complexity index is 608. The van der Waals surface area contributed by atoms with Crippen LogP contribution in [0, 0.1) is 15.2 Å². The Morgan fingerprint density at radius 2 is 1.63 bits per heavy atom. The SMILES string of the molecule is Nc1cc(F)c(S(=O)Cc2ccc(I)cc2)c(F)c1. The van der Waals surface area contributed by atoms with Crippen molar-refractivity contribution in [2.75, 3.05) is 5.73 Å². The van der Waals surface area contributed by atoms with Gasteiger partial charge in [-0.3, -0.25) is 4.21 Å². The first-order valence-corrected chi connectivity index (χ1v) is 7.74. The molecule has 19 heavy (non-hydrogen) atoms. The first kappa shape index (κ1) is 14.4. The maximum atomic E-state index is 13.6. The summed E-state index contributed by atoms with van der Waals surface area (Å²) in [7, 11) is -1.78. The van der Waals surface area contributed by atoms with Gasteiger partial charge < -0.3 is 5.73 Å². The van der Waals surface area contributed by atoms with E-state index >= 15 is 0 Å². The maximum Gasteiger partial charge on any atom is 0.144 e. The number of rotatable bonds is 3. The molecular formula is C13H10F2INOS. The lowest BCUT2D eigenvalue weighted by atomic mass is 10.2. The second-order valence-electron chi connectivity index (χ2n) is 3.93. The molecule has 1 unspecified atom stereocenters. The lowest BCUT2D eigenvalue weighted by Gasteiger charge is -2.06. The Morgan fingerprint density at radius 3 is 2.16 bits per heavy atom. The topological polar surface area (TPSA) is 43.1 Å². The molecular weight excluding hydrogens is 383 g/mol. The van der Waals surface area contributed by atoms with Crippen molar-refractivity contribution in [2.45, 2.75) is 10.6 Å². The summed E-state index contributed by atoms with van der Waals surface area (Å²) in [4.78, 5) is -0.423. The van der Waals surface area contributed by atoms with Gasteiger partial charge in [0, 0.05) is 9.26 Å². The molecule has 0 radical (unpaired) electrons. The molecule has 0 aliphatic rings. The van der Waals surface area contributed by atoms with Crippen LogP contribution in [0.1, 0.15) is 5.56 Å². The minimum Gasteiger partial charge on any atom is -0.399 e. The average Bonchev–Trinajstić information content (AvgIpc) is 2.30. The third-order valence-electron chi connectivity index (χ3n) is 2.46. The summed E-state index contributed by atoms with van der Waals surface area (Å²) in [6.07, 6.45) is 0. The van der Waals surface area contributed by atoms with Gasteiger partial charge in [-0.2, -0.15) is 0 Å². The Kier molecular flexibility index (Phi) is 4.51. The number of benzene rings is 2. The van der Waals surface area contributed by atoms with E-state index in [1.807, 2.05) is 12.1 Å². The minimum atomic E-state index is -1.78. The fourth-order valence-electron chi connectivity index (χ4n) is 1.60. The quantitative estimate of drug-likeness (QED) is 0.641. The van der Waals surface area contributed by atoms with E-state index in [1.54, 1.807) is 12.1 Å². The molecule has 1 atom stereocenters. The van der Waals surface area contributed by atoms with E-state index in [0.29, 0.717) is 0 Å². The monoisotopic (exact) mass is 393 g/mol. The smallest absolute Gasteiger partial charge is 0.144 e. The summed E-state index contributed by atoms with van der Waals surface area (Å²) in [6.45, 7) is 0. The second-order valence-corrected chi connectivity index (χ2v) is 6.56. The fraction of sp³-hybridized carbons (Fsp3) is 0.0769. The van der Waals surface area contributed by atoms with Crippen molar-refractivity contribution < 1.29 is 13.0 Å². The van der Waals surface area contributed by atoms with E-state index in [9.17, 15) is 13.0 Å². The van der Waals surface area contributed by atoms with Gasteiger partial charge in [0.25, 0.3) is 0 Å². The first-order valence-electron chi connectivity index (χ1n) is 5.34. The highest BCUT2D eigenvalue weighted by Gasteiger charge is 2.17. The van der Waals surface area contributed by atoms with E-state index in [1.165, 1.54) is 0 Å². The molecule has 2 nitrogen and oxygen atoms in total. The zero-order chi connectivity index (χ0) is 14.0. The molecule has 6 heteroatoms. The van der Waals surface area contributed by atoms with Gasteiger partial charge in [-0.1, -0.05) is 12.1 Å². The van der Waals surface area contributed by atoms with Crippen LogP contribution in [0.4, 0.5) is 14.5 Å². The number of hydrogen-bond acceptors (Lipinski definition) is 2. The Balaban J connectivity index is 2.28. The molecule has 2 N–H and O–H groups in total. The van der Waals surface area contributed by atoms with Crippen LogP contribution in [-0.2, 0) is 16.6 Å². The lowest BCUT2D eigenvalue weighted by Crippen LogP contribution is -2.04. The van der Waals surface area contributed by atoms with Crippen molar-refractivity contribution in [3.63, 3.8) is 0 Å². The van der Waals surface area contributed by atoms with Crippen LogP contribution < -0.4 is 5.73 Å². The second kappa shape index (κ2) is 5.96. The summed E-state index contributed by atoms with van der Waals surface area (Å²) in [6, 6.07) is 9.22. The summed E-state index contributed by atoms with van der Waals surface area (Å²) in [5, 5.41) is 0. The number of halogens is 3. The largest absolute Gasteiger partial charge is 0.399 e. The zero-order valence-electron chi connectivity index (χ0n) is 9.70. The van der Waals surface area contributed by atoms with E-state index in [4.69, 9.17) is 5.73 Å². The lowest BCUT2D eigenvalue weighted by molar-refractivity contribution is 0.535. The van der Waals surface area contributed by atoms with E-state index in [0.717, 1.165) is 21.3 Å². The predicted molar refractivity (Wildman–Crippen MR) is 80.0 cm³/mol. The highest BCUT2D eigenvalue weighted by molar-refractivity contribution is 14.1. The molecule has 0 aliphatic carbocycles. The number of nitrogens with two attached hydrogens (primary N) is 1. The summed E-state index contributed by atoms with van der Waals surface area (Å²) in [5.74, 6) is -1.68. The standard InChI is InChI=1S/C13H10F2INOS/c14-11-5-10(17)6-12(15)13(11)19(18)7-8-1-3-9(16)4-2-8/h1-6H,7,17H2. The van der Waals surface area contributed by atoms with Crippen molar-refractivity contribution in [1.82, 2.24) is 0 Å². The van der Waals surface area contributed by atoms with E-state index in [2.05, 4.69) is 22.6 Å². The average molecular weight is 393 g/mol.